The number of hydrogen-bond acceptors (Lipinski definition) is 5. The van der Waals surface area contributed by atoms with Crippen molar-refractivity contribution >= 4 is 11.8 Å². The van der Waals surface area contributed by atoms with Crippen molar-refractivity contribution < 1.29 is 19.7 Å². The van der Waals surface area contributed by atoms with Crippen molar-refractivity contribution in [1.82, 2.24) is 0 Å². The van der Waals surface area contributed by atoms with Gasteiger partial charge in [-0.05, 0) is 48.5 Å². The van der Waals surface area contributed by atoms with Gasteiger partial charge in [-0.15, -0.1) is 0 Å². The van der Waals surface area contributed by atoms with E-state index in [1.54, 1.807) is 11.8 Å². The third-order valence-electron chi connectivity index (χ3n) is 3.03. The molecular weight excluding hydrogens is 312 g/mol. The molecule has 0 saturated carbocycles. The molecule has 0 fully saturated rings. The predicted octanol–water partition coefficient (Wildman–Crippen LogP) is 3.36. The third kappa shape index (κ3) is 6.52. The molecule has 2 rings (SSSR count). The first-order valence-corrected chi connectivity index (χ1v) is 8.49. The van der Waals surface area contributed by atoms with Crippen LogP contribution in [-0.4, -0.2) is 36.6 Å². The van der Waals surface area contributed by atoms with Crippen LogP contribution in [0.4, 0.5) is 0 Å². The second-order valence-electron chi connectivity index (χ2n) is 4.90. The van der Waals surface area contributed by atoms with Crippen molar-refractivity contribution in [2.45, 2.75) is 22.6 Å². The summed E-state index contributed by atoms with van der Waals surface area (Å²) in [6.45, 7) is 1.35. The molecule has 23 heavy (non-hydrogen) atoms. The predicted molar refractivity (Wildman–Crippen MR) is 91.4 cm³/mol. The first-order valence-electron chi connectivity index (χ1n) is 7.67. The van der Waals surface area contributed by atoms with Crippen LogP contribution in [0.3, 0.4) is 0 Å². The first kappa shape index (κ1) is 17.7. The van der Waals surface area contributed by atoms with Crippen molar-refractivity contribution in [3.05, 3.63) is 48.5 Å². The smallest absolute Gasteiger partial charge is 0.119 e. The van der Waals surface area contributed by atoms with Crippen LogP contribution < -0.4 is 9.47 Å². The fraction of sp³-hybridized carbons (Fsp3) is 0.333. The Morgan fingerprint density at radius 3 is 1.39 bits per heavy atom. The number of rotatable bonds is 10. The molecule has 0 bridgehead atoms. The second kappa shape index (κ2) is 10.2. The Balaban J connectivity index is 1.84. The fourth-order valence-corrected chi connectivity index (χ4v) is 2.67. The fourth-order valence-electron chi connectivity index (χ4n) is 1.85. The molecule has 2 aromatic carbocycles. The largest absolute Gasteiger partial charge is 0.494 e. The quantitative estimate of drug-likeness (QED) is 0.653. The Morgan fingerprint density at radius 2 is 1.04 bits per heavy atom. The number of aliphatic hydroxyl groups excluding tert-OH is 2. The summed E-state index contributed by atoms with van der Waals surface area (Å²) in [5, 5.41) is 17.5. The average Bonchev–Trinajstić information content (AvgIpc) is 2.58. The molecule has 0 aliphatic heterocycles. The van der Waals surface area contributed by atoms with Gasteiger partial charge in [0.2, 0.25) is 0 Å². The van der Waals surface area contributed by atoms with Gasteiger partial charge in [-0.3, -0.25) is 0 Å². The van der Waals surface area contributed by atoms with E-state index in [2.05, 4.69) is 0 Å². The van der Waals surface area contributed by atoms with Gasteiger partial charge in [0, 0.05) is 35.8 Å². The Bertz CT molecular complexity index is 503. The van der Waals surface area contributed by atoms with Crippen molar-refractivity contribution in [3.63, 3.8) is 0 Å². The van der Waals surface area contributed by atoms with Crippen LogP contribution in [0, 0.1) is 0 Å². The normalized spacial score (nSPS) is 10.5. The summed E-state index contributed by atoms with van der Waals surface area (Å²) >= 11 is 1.67. The minimum atomic E-state index is 0.146. The first-order chi connectivity index (χ1) is 11.3. The highest BCUT2D eigenvalue weighted by molar-refractivity contribution is 7.99. The molecule has 0 aliphatic rings. The molecule has 0 aromatic heterocycles. The molecule has 0 atom stereocenters. The molecule has 0 saturated heterocycles. The van der Waals surface area contributed by atoms with Gasteiger partial charge in [0.05, 0.1) is 13.2 Å². The zero-order valence-corrected chi connectivity index (χ0v) is 13.8. The van der Waals surface area contributed by atoms with Gasteiger partial charge in [0.25, 0.3) is 0 Å². The van der Waals surface area contributed by atoms with Gasteiger partial charge in [-0.1, -0.05) is 11.8 Å². The van der Waals surface area contributed by atoms with Gasteiger partial charge in [0.15, 0.2) is 0 Å². The summed E-state index contributed by atoms with van der Waals surface area (Å²) in [5.74, 6) is 1.63. The molecular formula is C18H22O4S. The van der Waals surface area contributed by atoms with Crippen LogP contribution in [0.15, 0.2) is 58.3 Å². The second-order valence-corrected chi connectivity index (χ2v) is 6.04. The molecule has 0 radical (unpaired) electrons. The monoisotopic (exact) mass is 334 g/mol. The highest BCUT2D eigenvalue weighted by Gasteiger charge is 2.00. The van der Waals surface area contributed by atoms with E-state index in [-0.39, 0.29) is 13.2 Å². The molecule has 0 amide bonds. The molecule has 5 heteroatoms. The maximum Gasteiger partial charge on any atom is 0.119 e. The number of aliphatic hydroxyl groups is 2. The molecule has 0 heterocycles. The lowest BCUT2D eigenvalue weighted by Gasteiger charge is -2.08. The number of ether oxygens (including phenoxy) is 2. The minimum Gasteiger partial charge on any atom is -0.494 e. The standard InChI is InChI=1S/C18H22O4S/c19-11-1-13-21-15-3-7-17(8-4-15)23-18-9-5-16(6-10-18)22-14-2-12-20/h3-10,19-20H,1-2,11-14H2. The van der Waals surface area contributed by atoms with Crippen LogP contribution in [0.2, 0.25) is 0 Å². The Hall–Kier alpha value is -1.69. The van der Waals surface area contributed by atoms with E-state index >= 15 is 0 Å². The highest BCUT2D eigenvalue weighted by Crippen LogP contribution is 2.30. The number of benzene rings is 2. The van der Waals surface area contributed by atoms with E-state index < -0.39 is 0 Å². The highest BCUT2D eigenvalue weighted by atomic mass is 32.2. The van der Waals surface area contributed by atoms with E-state index in [0.29, 0.717) is 26.1 Å². The van der Waals surface area contributed by atoms with Crippen molar-refractivity contribution in [3.8, 4) is 11.5 Å². The van der Waals surface area contributed by atoms with Crippen LogP contribution >= 0.6 is 11.8 Å². The zero-order valence-electron chi connectivity index (χ0n) is 13.0. The van der Waals surface area contributed by atoms with Crippen LogP contribution in [0.1, 0.15) is 12.8 Å². The lowest BCUT2D eigenvalue weighted by molar-refractivity contribution is 0.233. The number of hydrogen-bond donors (Lipinski definition) is 2. The molecule has 0 spiro atoms. The Labute approximate surface area is 141 Å². The summed E-state index contributed by atoms with van der Waals surface area (Å²) in [7, 11) is 0. The topological polar surface area (TPSA) is 58.9 Å². The summed E-state index contributed by atoms with van der Waals surface area (Å²) < 4.78 is 11.0. The van der Waals surface area contributed by atoms with Gasteiger partial charge < -0.3 is 19.7 Å². The van der Waals surface area contributed by atoms with E-state index in [1.807, 2.05) is 48.5 Å². The molecule has 4 nitrogen and oxygen atoms in total. The van der Waals surface area contributed by atoms with Gasteiger partial charge in [-0.25, -0.2) is 0 Å². The van der Waals surface area contributed by atoms with Gasteiger partial charge >= 0.3 is 0 Å². The minimum absolute atomic E-state index is 0.146. The van der Waals surface area contributed by atoms with Gasteiger partial charge in [0.1, 0.15) is 11.5 Å². The summed E-state index contributed by atoms with van der Waals surface area (Å²) in [6.07, 6.45) is 1.28. The van der Waals surface area contributed by atoms with E-state index in [9.17, 15) is 0 Å². The van der Waals surface area contributed by atoms with Crippen LogP contribution in [-0.2, 0) is 0 Å². The maximum atomic E-state index is 8.73. The Morgan fingerprint density at radius 1 is 0.652 bits per heavy atom. The van der Waals surface area contributed by atoms with Crippen molar-refractivity contribution in [2.24, 2.45) is 0 Å². The average molecular weight is 334 g/mol. The summed E-state index contributed by atoms with van der Waals surface area (Å²) in [4.78, 5) is 2.27. The van der Waals surface area contributed by atoms with Crippen LogP contribution in [0.5, 0.6) is 11.5 Å². The van der Waals surface area contributed by atoms with E-state index in [0.717, 1.165) is 21.3 Å². The van der Waals surface area contributed by atoms with E-state index in [4.69, 9.17) is 19.7 Å². The Kier molecular flexibility index (Phi) is 7.80. The molecule has 2 aromatic rings. The maximum absolute atomic E-state index is 8.73. The third-order valence-corrected chi connectivity index (χ3v) is 4.04. The molecule has 2 N–H and O–H groups in total. The molecule has 0 aliphatic carbocycles. The van der Waals surface area contributed by atoms with Crippen LogP contribution in [0.25, 0.3) is 0 Å². The van der Waals surface area contributed by atoms with Gasteiger partial charge in [-0.2, -0.15) is 0 Å². The summed E-state index contributed by atoms with van der Waals surface area (Å²) in [6, 6.07) is 15.8. The summed E-state index contributed by atoms with van der Waals surface area (Å²) in [5.41, 5.74) is 0. The molecule has 0 unspecified atom stereocenters. The van der Waals surface area contributed by atoms with E-state index in [1.165, 1.54) is 0 Å². The lowest BCUT2D eigenvalue weighted by Crippen LogP contribution is -1.99. The zero-order chi connectivity index (χ0) is 16.3. The van der Waals surface area contributed by atoms with Crippen molar-refractivity contribution in [2.75, 3.05) is 26.4 Å². The lowest BCUT2D eigenvalue weighted by atomic mass is 10.3. The SMILES string of the molecule is OCCCOc1ccc(Sc2ccc(OCCCO)cc2)cc1. The molecule has 124 valence electrons. The van der Waals surface area contributed by atoms with Crippen molar-refractivity contribution in [1.29, 1.82) is 0 Å².